The number of aliphatic imine (C=N–C) groups is 1. The van der Waals surface area contributed by atoms with Crippen molar-refractivity contribution in [3.63, 3.8) is 0 Å². The summed E-state index contributed by atoms with van der Waals surface area (Å²) in [6.45, 7) is 7.73. The molecule has 0 aromatic heterocycles. The van der Waals surface area contributed by atoms with Gasteiger partial charge in [-0.05, 0) is 19.1 Å². The van der Waals surface area contributed by atoms with Crippen LogP contribution in [0.25, 0.3) is 0 Å². The number of nitrogens with one attached hydrogen (secondary N) is 2. The normalized spacial score (nSPS) is 16.7. The van der Waals surface area contributed by atoms with Gasteiger partial charge in [-0.3, -0.25) is 9.89 Å². The molecule has 0 saturated carbocycles. The molecular weight excluding hydrogens is 438 g/mol. The second-order valence-corrected chi connectivity index (χ2v) is 5.69. The molecule has 142 valence electrons. The fourth-order valence-corrected chi connectivity index (χ4v) is 2.42. The predicted molar refractivity (Wildman–Crippen MR) is 109 cm³/mol. The third kappa shape index (κ3) is 8.19. The maximum absolute atomic E-state index is 13.6. The number of hydrogen-bond acceptors (Lipinski definition) is 4. The molecule has 2 N–H and O–H groups in total. The fraction of sp³-hybridized carbons (Fsp3) is 0.588. The molecule has 0 aliphatic carbocycles. The van der Waals surface area contributed by atoms with E-state index in [-0.39, 0.29) is 41.6 Å². The number of guanidine groups is 1. The summed E-state index contributed by atoms with van der Waals surface area (Å²) >= 11 is 0. The first kappa shape index (κ1) is 21.9. The Morgan fingerprint density at radius 1 is 1.32 bits per heavy atom. The summed E-state index contributed by atoms with van der Waals surface area (Å²) in [7, 11) is 1.73. The van der Waals surface area contributed by atoms with Crippen molar-refractivity contribution in [1.82, 2.24) is 15.5 Å². The van der Waals surface area contributed by atoms with E-state index >= 15 is 0 Å². The Hall–Kier alpha value is -1.13. The third-order valence-electron chi connectivity index (χ3n) is 3.77. The summed E-state index contributed by atoms with van der Waals surface area (Å²) in [6, 6.07) is 6.42. The van der Waals surface area contributed by atoms with E-state index in [0.29, 0.717) is 12.5 Å². The smallest absolute Gasteiger partial charge is 0.191 e. The van der Waals surface area contributed by atoms with Gasteiger partial charge >= 0.3 is 0 Å². The highest BCUT2D eigenvalue weighted by atomic mass is 127. The van der Waals surface area contributed by atoms with E-state index in [4.69, 9.17) is 9.47 Å². The minimum atomic E-state index is -0.350. The minimum absolute atomic E-state index is 0. The van der Waals surface area contributed by atoms with Crippen LogP contribution in [0.1, 0.15) is 6.92 Å². The molecule has 1 fully saturated rings. The summed E-state index contributed by atoms with van der Waals surface area (Å²) in [6.07, 6.45) is -0.181. The van der Waals surface area contributed by atoms with Gasteiger partial charge in [0.15, 0.2) is 17.5 Å². The van der Waals surface area contributed by atoms with Crippen LogP contribution in [0.5, 0.6) is 5.75 Å². The lowest BCUT2D eigenvalue weighted by molar-refractivity contribution is 0.0389. The van der Waals surface area contributed by atoms with Crippen molar-refractivity contribution in [3.8, 4) is 5.75 Å². The van der Waals surface area contributed by atoms with Crippen molar-refractivity contribution < 1.29 is 13.9 Å². The molecule has 1 aromatic rings. The zero-order valence-electron chi connectivity index (χ0n) is 14.8. The highest BCUT2D eigenvalue weighted by Gasteiger charge is 2.11. The molecule has 2 rings (SSSR count). The van der Waals surface area contributed by atoms with Gasteiger partial charge in [-0.15, -0.1) is 24.0 Å². The van der Waals surface area contributed by atoms with Gasteiger partial charge in [0.25, 0.3) is 0 Å². The molecule has 8 heteroatoms. The first-order valence-corrected chi connectivity index (χ1v) is 8.35. The molecular formula is C17H28FIN4O2. The van der Waals surface area contributed by atoms with Crippen LogP contribution >= 0.6 is 24.0 Å². The standard InChI is InChI=1S/C17H27FN4O2.HI/c1-14(24-16-6-4-3-5-15(16)18)13-21-17(19-2)20-7-8-22-9-11-23-12-10-22;/h3-6,14H,7-13H2,1-2H3,(H2,19,20,21);1H. The van der Waals surface area contributed by atoms with Gasteiger partial charge in [-0.1, -0.05) is 12.1 Å². The lowest BCUT2D eigenvalue weighted by Crippen LogP contribution is -2.46. The number of nitrogens with zero attached hydrogens (tertiary/aromatic N) is 2. The molecule has 0 spiro atoms. The number of hydrogen-bond donors (Lipinski definition) is 2. The van der Waals surface area contributed by atoms with Crippen molar-refractivity contribution in [2.45, 2.75) is 13.0 Å². The van der Waals surface area contributed by atoms with E-state index in [9.17, 15) is 4.39 Å². The minimum Gasteiger partial charge on any atom is -0.486 e. The molecule has 1 unspecified atom stereocenters. The summed E-state index contributed by atoms with van der Waals surface area (Å²) in [5.41, 5.74) is 0. The predicted octanol–water partition coefficient (Wildman–Crippen LogP) is 1.71. The second-order valence-electron chi connectivity index (χ2n) is 5.69. The Kier molecular flexibility index (Phi) is 10.7. The van der Waals surface area contributed by atoms with Gasteiger partial charge in [-0.2, -0.15) is 0 Å². The topological polar surface area (TPSA) is 58.1 Å². The SMILES string of the molecule is CN=C(NCCN1CCOCC1)NCC(C)Oc1ccccc1F.I. The Labute approximate surface area is 166 Å². The molecule has 1 heterocycles. The molecule has 1 atom stereocenters. The summed E-state index contributed by atoms with van der Waals surface area (Å²) in [4.78, 5) is 6.54. The van der Waals surface area contributed by atoms with Crippen LogP contribution in [0.4, 0.5) is 4.39 Å². The van der Waals surface area contributed by atoms with Crippen LogP contribution < -0.4 is 15.4 Å². The highest BCUT2D eigenvalue weighted by molar-refractivity contribution is 14.0. The molecule has 0 bridgehead atoms. The molecule has 1 aliphatic heterocycles. The number of morpholine rings is 1. The monoisotopic (exact) mass is 466 g/mol. The number of para-hydroxylation sites is 1. The van der Waals surface area contributed by atoms with Crippen molar-refractivity contribution >= 4 is 29.9 Å². The van der Waals surface area contributed by atoms with Gasteiger partial charge in [0.2, 0.25) is 0 Å². The lowest BCUT2D eigenvalue weighted by Gasteiger charge is -2.26. The summed E-state index contributed by atoms with van der Waals surface area (Å²) in [5.74, 6) is 0.631. The summed E-state index contributed by atoms with van der Waals surface area (Å²) < 4.78 is 24.5. The van der Waals surface area contributed by atoms with Crippen molar-refractivity contribution in [2.24, 2.45) is 4.99 Å². The zero-order chi connectivity index (χ0) is 17.2. The second kappa shape index (κ2) is 12.3. The van der Waals surface area contributed by atoms with Gasteiger partial charge in [0, 0.05) is 33.2 Å². The molecule has 1 saturated heterocycles. The Morgan fingerprint density at radius 2 is 2.04 bits per heavy atom. The highest BCUT2D eigenvalue weighted by Crippen LogP contribution is 2.16. The molecule has 1 aromatic carbocycles. The van der Waals surface area contributed by atoms with E-state index in [0.717, 1.165) is 39.4 Å². The molecule has 0 radical (unpaired) electrons. The van der Waals surface area contributed by atoms with Crippen molar-refractivity contribution in [3.05, 3.63) is 30.1 Å². The molecule has 6 nitrogen and oxygen atoms in total. The maximum atomic E-state index is 13.6. The number of benzene rings is 1. The van der Waals surface area contributed by atoms with Crippen LogP contribution in [0.15, 0.2) is 29.3 Å². The lowest BCUT2D eigenvalue weighted by atomic mass is 10.3. The largest absolute Gasteiger partial charge is 0.486 e. The first-order valence-electron chi connectivity index (χ1n) is 8.35. The van der Waals surface area contributed by atoms with E-state index in [2.05, 4.69) is 20.5 Å². The molecule has 25 heavy (non-hydrogen) atoms. The third-order valence-corrected chi connectivity index (χ3v) is 3.77. The van der Waals surface area contributed by atoms with Gasteiger partial charge in [-0.25, -0.2) is 4.39 Å². The average Bonchev–Trinajstić information content (AvgIpc) is 2.61. The Morgan fingerprint density at radius 3 is 2.72 bits per heavy atom. The molecule has 1 aliphatic rings. The van der Waals surface area contributed by atoms with Gasteiger partial charge in [0.1, 0.15) is 6.10 Å². The van der Waals surface area contributed by atoms with Crippen molar-refractivity contribution in [1.29, 1.82) is 0 Å². The van der Waals surface area contributed by atoms with Gasteiger partial charge in [0.05, 0.1) is 19.8 Å². The van der Waals surface area contributed by atoms with Crippen LogP contribution in [0.2, 0.25) is 0 Å². The van der Waals surface area contributed by atoms with Crippen LogP contribution in [0.3, 0.4) is 0 Å². The van der Waals surface area contributed by atoms with E-state index < -0.39 is 0 Å². The van der Waals surface area contributed by atoms with Crippen LogP contribution in [0, 0.1) is 5.82 Å². The number of halogens is 2. The zero-order valence-corrected chi connectivity index (χ0v) is 17.2. The average molecular weight is 466 g/mol. The van der Waals surface area contributed by atoms with E-state index in [1.54, 1.807) is 25.2 Å². The van der Waals surface area contributed by atoms with Crippen LogP contribution in [-0.4, -0.2) is 69.9 Å². The van der Waals surface area contributed by atoms with Gasteiger partial charge < -0.3 is 20.1 Å². The first-order chi connectivity index (χ1) is 11.7. The Bertz CT molecular complexity index is 527. The number of ether oxygens (including phenoxy) is 2. The molecule has 0 amide bonds. The summed E-state index contributed by atoms with van der Waals surface area (Å²) in [5, 5.41) is 6.47. The number of rotatable bonds is 7. The van der Waals surface area contributed by atoms with Crippen LogP contribution in [-0.2, 0) is 4.74 Å². The van der Waals surface area contributed by atoms with Crippen molar-refractivity contribution in [2.75, 3.05) is 53.0 Å². The maximum Gasteiger partial charge on any atom is 0.191 e. The quantitative estimate of drug-likeness (QED) is 0.364. The Balaban J connectivity index is 0.00000312. The fourth-order valence-electron chi connectivity index (χ4n) is 2.42. The van der Waals surface area contributed by atoms with E-state index in [1.165, 1.54) is 6.07 Å². The van der Waals surface area contributed by atoms with E-state index in [1.807, 2.05) is 6.92 Å².